The largest absolute Gasteiger partial charge is 0.495 e. The summed E-state index contributed by atoms with van der Waals surface area (Å²) in [6, 6.07) is 7.95. The Morgan fingerprint density at radius 2 is 1.79 bits per heavy atom. The maximum Gasteiger partial charge on any atom is 0.265 e. The Morgan fingerprint density at radius 1 is 1.12 bits per heavy atom. The number of benzene rings is 2. The van der Waals surface area contributed by atoms with E-state index >= 15 is 0 Å². The Balaban J connectivity index is 2.56. The zero-order valence-corrected chi connectivity index (χ0v) is 16.2. The van der Waals surface area contributed by atoms with E-state index in [1.54, 1.807) is 18.2 Å². The molecule has 0 saturated carbocycles. The number of sulfonamides is 1. The van der Waals surface area contributed by atoms with Crippen LogP contribution in [0, 0.1) is 6.92 Å². The molecule has 4 nitrogen and oxygen atoms in total. The van der Waals surface area contributed by atoms with Crippen molar-refractivity contribution in [1.82, 2.24) is 0 Å². The molecule has 0 aromatic heterocycles. The molecule has 0 atom stereocenters. The van der Waals surface area contributed by atoms with Crippen LogP contribution < -0.4 is 9.46 Å². The molecule has 0 unspecified atom stereocenters. The monoisotopic (exact) mass is 387 g/mol. The van der Waals surface area contributed by atoms with Crippen LogP contribution in [0.1, 0.15) is 30.9 Å². The van der Waals surface area contributed by atoms with Crippen molar-refractivity contribution in [3.8, 4) is 5.75 Å². The highest BCUT2D eigenvalue weighted by atomic mass is 35.5. The van der Waals surface area contributed by atoms with Gasteiger partial charge in [0.25, 0.3) is 10.0 Å². The van der Waals surface area contributed by atoms with Gasteiger partial charge in [-0.05, 0) is 54.3 Å². The molecule has 0 saturated heterocycles. The number of rotatable bonds is 5. The SMILES string of the molecule is COc1cc(C)c(C(C)C)cc1S(=O)(=O)Nc1cc(Cl)ccc1Cl. The van der Waals surface area contributed by atoms with Crippen molar-refractivity contribution >= 4 is 38.9 Å². The van der Waals surface area contributed by atoms with Gasteiger partial charge in [-0.2, -0.15) is 0 Å². The van der Waals surface area contributed by atoms with Crippen LogP contribution in [-0.4, -0.2) is 15.5 Å². The average molecular weight is 388 g/mol. The van der Waals surface area contributed by atoms with Crippen LogP contribution >= 0.6 is 23.2 Å². The van der Waals surface area contributed by atoms with Gasteiger partial charge in [0.15, 0.2) is 0 Å². The molecule has 2 rings (SSSR count). The molecule has 0 aliphatic rings. The number of anilines is 1. The second-order valence-electron chi connectivity index (χ2n) is 5.74. The number of ether oxygens (including phenoxy) is 1. The minimum absolute atomic E-state index is 0.0651. The zero-order chi connectivity index (χ0) is 18.1. The van der Waals surface area contributed by atoms with Gasteiger partial charge in [-0.3, -0.25) is 4.72 Å². The summed E-state index contributed by atoms with van der Waals surface area (Å²) in [7, 11) is -2.45. The summed E-state index contributed by atoms with van der Waals surface area (Å²) < 4.78 is 33.4. The molecule has 0 aliphatic heterocycles. The molecule has 0 aliphatic carbocycles. The van der Waals surface area contributed by atoms with E-state index in [-0.39, 0.29) is 27.3 Å². The number of halogens is 2. The lowest BCUT2D eigenvalue weighted by molar-refractivity contribution is 0.402. The minimum Gasteiger partial charge on any atom is -0.495 e. The highest BCUT2D eigenvalue weighted by Gasteiger charge is 2.23. The number of aryl methyl sites for hydroxylation is 1. The Kier molecular flexibility index (Phi) is 5.68. The van der Waals surface area contributed by atoms with Gasteiger partial charge in [-0.1, -0.05) is 37.0 Å². The molecule has 130 valence electrons. The van der Waals surface area contributed by atoms with E-state index in [0.29, 0.717) is 5.02 Å². The van der Waals surface area contributed by atoms with Crippen molar-refractivity contribution in [3.63, 3.8) is 0 Å². The van der Waals surface area contributed by atoms with Crippen LogP contribution in [0.4, 0.5) is 5.69 Å². The molecular formula is C17H19Cl2NO3S. The fourth-order valence-corrected chi connectivity index (χ4v) is 4.09. The van der Waals surface area contributed by atoms with E-state index < -0.39 is 10.0 Å². The Morgan fingerprint density at radius 3 is 2.38 bits per heavy atom. The molecule has 0 heterocycles. The lowest BCUT2D eigenvalue weighted by Gasteiger charge is -2.17. The van der Waals surface area contributed by atoms with Crippen LogP contribution in [0.25, 0.3) is 0 Å². The predicted molar refractivity (Wildman–Crippen MR) is 99.1 cm³/mol. The maximum atomic E-state index is 12.8. The third kappa shape index (κ3) is 3.97. The first kappa shape index (κ1) is 18.9. The van der Waals surface area contributed by atoms with Crippen LogP contribution in [0.15, 0.2) is 35.2 Å². The molecular weight excluding hydrogens is 369 g/mol. The molecule has 2 aromatic carbocycles. The van der Waals surface area contributed by atoms with Crippen molar-refractivity contribution in [2.24, 2.45) is 0 Å². The summed E-state index contributed by atoms with van der Waals surface area (Å²) in [6.07, 6.45) is 0. The van der Waals surface area contributed by atoms with E-state index in [1.165, 1.54) is 19.2 Å². The average Bonchev–Trinajstić information content (AvgIpc) is 2.49. The molecule has 0 bridgehead atoms. The van der Waals surface area contributed by atoms with Crippen molar-refractivity contribution in [1.29, 1.82) is 0 Å². The third-order valence-electron chi connectivity index (χ3n) is 3.64. The Bertz CT molecular complexity index is 864. The third-order valence-corrected chi connectivity index (χ3v) is 5.59. The molecule has 0 fully saturated rings. The van der Waals surface area contributed by atoms with Crippen LogP contribution in [0.5, 0.6) is 5.75 Å². The number of nitrogens with one attached hydrogen (secondary N) is 1. The van der Waals surface area contributed by atoms with E-state index in [4.69, 9.17) is 27.9 Å². The fourth-order valence-electron chi connectivity index (χ4n) is 2.44. The van der Waals surface area contributed by atoms with E-state index in [2.05, 4.69) is 4.72 Å². The first-order chi connectivity index (χ1) is 11.2. The zero-order valence-electron chi connectivity index (χ0n) is 13.9. The second kappa shape index (κ2) is 7.21. The van der Waals surface area contributed by atoms with Crippen LogP contribution in [0.2, 0.25) is 10.0 Å². The van der Waals surface area contributed by atoms with Gasteiger partial charge in [0.05, 0.1) is 17.8 Å². The molecule has 0 radical (unpaired) electrons. The highest BCUT2D eigenvalue weighted by molar-refractivity contribution is 7.92. The number of hydrogen-bond donors (Lipinski definition) is 1. The molecule has 0 spiro atoms. The summed E-state index contributed by atoms with van der Waals surface area (Å²) in [4.78, 5) is 0.0651. The predicted octanol–water partition coefficient (Wildman–Crippen LogP) is 5.23. The van der Waals surface area contributed by atoms with Gasteiger partial charge in [0.1, 0.15) is 10.6 Å². The second-order valence-corrected chi connectivity index (χ2v) is 8.24. The first-order valence-corrected chi connectivity index (χ1v) is 9.56. The topological polar surface area (TPSA) is 55.4 Å². The first-order valence-electron chi connectivity index (χ1n) is 7.32. The van der Waals surface area contributed by atoms with Crippen molar-refractivity contribution in [2.75, 3.05) is 11.8 Å². The van der Waals surface area contributed by atoms with Gasteiger partial charge in [-0.25, -0.2) is 8.42 Å². The van der Waals surface area contributed by atoms with Crippen LogP contribution in [-0.2, 0) is 10.0 Å². The van der Waals surface area contributed by atoms with Crippen LogP contribution in [0.3, 0.4) is 0 Å². The minimum atomic E-state index is -3.89. The van der Waals surface area contributed by atoms with Gasteiger partial charge in [-0.15, -0.1) is 0 Å². The molecule has 2 aromatic rings. The van der Waals surface area contributed by atoms with Gasteiger partial charge >= 0.3 is 0 Å². The summed E-state index contributed by atoms with van der Waals surface area (Å²) in [5.74, 6) is 0.460. The quantitative estimate of drug-likeness (QED) is 0.763. The van der Waals surface area contributed by atoms with E-state index in [9.17, 15) is 8.42 Å². The van der Waals surface area contributed by atoms with E-state index in [0.717, 1.165) is 11.1 Å². The molecule has 1 N–H and O–H groups in total. The summed E-state index contributed by atoms with van der Waals surface area (Å²) in [6.45, 7) is 5.94. The standard InChI is InChI=1S/C17H19Cl2NO3S/c1-10(2)13-9-17(16(23-4)7-11(13)3)24(21,22)20-15-8-12(18)5-6-14(15)19/h5-10,20H,1-4H3. The molecule has 24 heavy (non-hydrogen) atoms. The van der Waals surface area contributed by atoms with Crippen molar-refractivity contribution in [3.05, 3.63) is 51.5 Å². The summed E-state index contributed by atoms with van der Waals surface area (Å²) in [5.41, 5.74) is 2.13. The van der Waals surface area contributed by atoms with Crippen molar-refractivity contribution < 1.29 is 13.2 Å². The lowest BCUT2D eigenvalue weighted by atomic mass is 9.98. The number of methoxy groups -OCH3 is 1. The Hall–Kier alpha value is -1.43. The molecule has 0 amide bonds. The summed E-state index contributed by atoms with van der Waals surface area (Å²) >= 11 is 12.0. The summed E-state index contributed by atoms with van der Waals surface area (Å²) in [5, 5.41) is 0.647. The van der Waals surface area contributed by atoms with E-state index in [1.807, 2.05) is 20.8 Å². The van der Waals surface area contributed by atoms with Gasteiger partial charge in [0.2, 0.25) is 0 Å². The highest BCUT2D eigenvalue weighted by Crippen LogP contribution is 2.34. The molecule has 7 heteroatoms. The smallest absolute Gasteiger partial charge is 0.265 e. The normalized spacial score (nSPS) is 11.6. The van der Waals surface area contributed by atoms with Crippen molar-refractivity contribution in [2.45, 2.75) is 31.6 Å². The van der Waals surface area contributed by atoms with Gasteiger partial charge < -0.3 is 4.74 Å². The number of hydrogen-bond acceptors (Lipinski definition) is 3. The lowest BCUT2D eigenvalue weighted by Crippen LogP contribution is -2.15. The Labute approximate surface area is 152 Å². The fraction of sp³-hybridized carbons (Fsp3) is 0.294. The van der Waals surface area contributed by atoms with Gasteiger partial charge in [0, 0.05) is 5.02 Å². The maximum absolute atomic E-state index is 12.8.